The first-order chi connectivity index (χ1) is 10.7. The molecule has 1 unspecified atom stereocenters. The van der Waals surface area contributed by atoms with Crippen molar-refractivity contribution in [1.29, 1.82) is 0 Å². The van der Waals surface area contributed by atoms with Crippen molar-refractivity contribution in [1.82, 2.24) is 4.98 Å². The van der Waals surface area contributed by atoms with Gasteiger partial charge in [0.25, 0.3) is 0 Å². The highest BCUT2D eigenvalue weighted by Crippen LogP contribution is 2.32. The van der Waals surface area contributed by atoms with E-state index in [9.17, 15) is 10.1 Å². The number of rotatable bonds is 5. The number of aromatic nitrogens is 1. The fourth-order valence-corrected chi connectivity index (χ4v) is 2.75. The van der Waals surface area contributed by atoms with Crippen LogP contribution in [-0.2, 0) is 0 Å². The van der Waals surface area contributed by atoms with E-state index in [0.29, 0.717) is 0 Å². The van der Waals surface area contributed by atoms with Crippen LogP contribution in [0.15, 0.2) is 54.7 Å². The summed E-state index contributed by atoms with van der Waals surface area (Å²) in [7, 11) is 1.61. The van der Waals surface area contributed by atoms with Crippen molar-refractivity contribution < 1.29 is 9.66 Å². The molecule has 3 aromatic rings. The molecule has 0 amide bonds. The van der Waals surface area contributed by atoms with Crippen LogP contribution in [0.25, 0.3) is 10.9 Å². The summed E-state index contributed by atoms with van der Waals surface area (Å²) < 4.78 is 5.27. The van der Waals surface area contributed by atoms with E-state index in [1.165, 1.54) is 0 Å². The molecule has 0 saturated carbocycles. The van der Waals surface area contributed by atoms with E-state index in [1.54, 1.807) is 7.11 Å². The molecule has 2 aromatic carbocycles. The molecular weight excluding hydrogens is 280 g/mol. The third-order valence-electron chi connectivity index (χ3n) is 3.83. The molecule has 112 valence electrons. The zero-order chi connectivity index (χ0) is 15.5. The van der Waals surface area contributed by atoms with E-state index < -0.39 is 0 Å². The Kier molecular flexibility index (Phi) is 3.78. The van der Waals surface area contributed by atoms with Gasteiger partial charge in [-0.1, -0.05) is 30.3 Å². The number of H-pyrrole nitrogens is 1. The maximum Gasteiger partial charge on any atom is 0.214 e. The Morgan fingerprint density at radius 3 is 2.68 bits per heavy atom. The summed E-state index contributed by atoms with van der Waals surface area (Å²) in [6.45, 7) is -0.145. The third kappa shape index (κ3) is 2.65. The number of nitrogens with one attached hydrogen (secondary N) is 1. The Morgan fingerprint density at radius 2 is 2.00 bits per heavy atom. The minimum Gasteiger partial charge on any atom is -0.497 e. The lowest BCUT2D eigenvalue weighted by Crippen LogP contribution is -2.13. The molecule has 22 heavy (non-hydrogen) atoms. The van der Waals surface area contributed by atoms with Crippen molar-refractivity contribution in [2.24, 2.45) is 0 Å². The van der Waals surface area contributed by atoms with Gasteiger partial charge >= 0.3 is 0 Å². The van der Waals surface area contributed by atoms with Crippen molar-refractivity contribution in [3.05, 3.63) is 76.0 Å². The fourth-order valence-electron chi connectivity index (χ4n) is 2.75. The molecule has 0 saturated heterocycles. The molecule has 0 bridgehead atoms. The number of nitrogens with zero attached hydrogens (tertiary/aromatic N) is 1. The Morgan fingerprint density at radius 1 is 1.23 bits per heavy atom. The van der Waals surface area contributed by atoms with Crippen LogP contribution in [0.4, 0.5) is 0 Å². The van der Waals surface area contributed by atoms with Crippen LogP contribution in [0, 0.1) is 10.1 Å². The summed E-state index contributed by atoms with van der Waals surface area (Å²) in [6, 6.07) is 15.3. The number of hydrogen-bond donors (Lipinski definition) is 1. The number of ether oxygens (including phenoxy) is 1. The van der Waals surface area contributed by atoms with Crippen LogP contribution in [-0.4, -0.2) is 23.6 Å². The van der Waals surface area contributed by atoms with Crippen molar-refractivity contribution in [2.45, 2.75) is 5.92 Å². The van der Waals surface area contributed by atoms with Gasteiger partial charge in [0.1, 0.15) is 5.75 Å². The topological polar surface area (TPSA) is 68.2 Å². The van der Waals surface area contributed by atoms with Gasteiger partial charge in [-0.25, -0.2) is 0 Å². The van der Waals surface area contributed by atoms with Crippen LogP contribution in [0.3, 0.4) is 0 Å². The number of fused-ring (bicyclic) bond motifs is 1. The number of hydrogen-bond acceptors (Lipinski definition) is 3. The Labute approximate surface area is 127 Å². The SMILES string of the molecule is COc1ccc2[nH]cc(C(C[N+](=O)[O-])c3ccccc3)c2c1. The number of methoxy groups -OCH3 is 1. The molecule has 1 aromatic heterocycles. The van der Waals surface area contributed by atoms with Crippen molar-refractivity contribution >= 4 is 10.9 Å². The molecule has 5 heteroatoms. The number of benzene rings is 2. The zero-order valence-corrected chi connectivity index (χ0v) is 12.2. The summed E-state index contributed by atoms with van der Waals surface area (Å²) in [4.78, 5) is 14.0. The molecule has 0 fully saturated rings. The quantitative estimate of drug-likeness (QED) is 0.578. The van der Waals surface area contributed by atoms with Crippen LogP contribution in [0.2, 0.25) is 0 Å². The lowest BCUT2D eigenvalue weighted by Gasteiger charge is -2.13. The molecule has 1 N–H and O–H groups in total. The maximum atomic E-state index is 11.1. The van der Waals surface area contributed by atoms with Crippen LogP contribution in [0.5, 0.6) is 5.75 Å². The molecule has 0 aliphatic rings. The first-order valence-electron chi connectivity index (χ1n) is 7.01. The molecule has 0 spiro atoms. The van der Waals surface area contributed by atoms with Crippen LogP contribution < -0.4 is 4.74 Å². The third-order valence-corrected chi connectivity index (χ3v) is 3.83. The average Bonchev–Trinajstić information content (AvgIpc) is 2.96. The van der Waals surface area contributed by atoms with E-state index in [2.05, 4.69) is 4.98 Å². The molecule has 5 nitrogen and oxygen atoms in total. The van der Waals surface area contributed by atoms with E-state index in [0.717, 1.165) is 27.8 Å². The van der Waals surface area contributed by atoms with Gasteiger partial charge in [-0.15, -0.1) is 0 Å². The lowest BCUT2D eigenvalue weighted by molar-refractivity contribution is -0.481. The smallest absolute Gasteiger partial charge is 0.214 e. The lowest BCUT2D eigenvalue weighted by atomic mass is 9.91. The van der Waals surface area contributed by atoms with Crippen LogP contribution in [0.1, 0.15) is 17.0 Å². The molecule has 1 heterocycles. The summed E-state index contributed by atoms with van der Waals surface area (Å²) in [5, 5.41) is 12.1. The van der Waals surface area contributed by atoms with Gasteiger partial charge in [-0.05, 0) is 29.3 Å². The maximum absolute atomic E-state index is 11.1. The molecule has 0 aliphatic heterocycles. The summed E-state index contributed by atoms with van der Waals surface area (Å²) in [5.74, 6) is 0.443. The predicted molar refractivity (Wildman–Crippen MR) is 85.0 cm³/mol. The monoisotopic (exact) mass is 296 g/mol. The normalized spacial score (nSPS) is 12.2. The first-order valence-corrected chi connectivity index (χ1v) is 7.01. The van der Waals surface area contributed by atoms with Gasteiger partial charge in [0.15, 0.2) is 0 Å². The van der Waals surface area contributed by atoms with Gasteiger partial charge in [-0.2, -0.15) is 0 Å². The van der Waals surface area contributed by atoms with Gasteiger partial charge < -0.3 is 9.72 Å². The molecular formula is C17H16N2O3. The molecule has 3 rings (SSSR count). The number of nitro groups is 1. The summed E-state index contributed by atoms with van der Waals surface area (Å²) in [6.07, 6.45) is 1.85. The van der Waals surface area contributed by atoms with Gasteiger partial charge in [0.2, 0.25) is 6.54 Å². The second-order valence-electron chi connectivity index (χ2n) is 5.13. The van der Waals surface area contributed by atoms with Crippen molar-refractivity contribution in [3.8, 4) is 5.75 Å². The minimum absolute atomic E-state index is 0.145. The first kappa shape index (κ1) is 14.1. The Bertz CT molecular complexity index is 796. The Balaban J connectivity index is 2.13. The second-order valence-corrected chi connectivity index (χ2v) is 5.13. The zero-order valence-electron chi connectivity index (χ0n) is 12.2. The van der Waals surface area contributed by atoms with Gasteiger partial charge in [-0.3, -0.25) is 10.1 Å². The average molecular weight is 296 g/mol. The Hall–Kier alpha value is -2.82. The molecule has 0 aliphatic carbocycles. The molecule has 1 atom stereocenters. The predicted octanol–water partition coefficient (Wildman–Crippen LogP) is 3.59. The highest BCUT2D eigenvalue weighted by molar-refractivity contribution is 5.85. The van der Waals surface area contributed by atoms with E-state index in [4.69, 9.17) is 4.74 Å². The molecule has 0 radical (unpaired) electrons. The summed E-state index contributed by atoms with van der Waals surface area (Å²) in [5.41, 5.74) is 2.79. The van der Waals surface area contributed by atoms with Crippen molar-refractivity contribution in [3.63, 3.8) is 0 Å². The minimum atomic E-state index is -0.294. The van der Waals surface area contributed by atoms with Gasteiger partial charge in [0.05, 0.1) is 13.0 Å². The van der Waals surface area contributed by atoms with E-state index in [1.807, 2.05) is 54.7 Å². The van der Waals surface area contributed by atoms with E-state index >= 15 is 0 Å². The standard InChI is InChI=1S/C17H16N2O3/c1-22-13-7-8-17-14(9-13)15(10-18-17)16(11-19(20)21)12-5-3-2-4-6-12/h2-10,16,18H,11H2,1H3. The summed E-state index contributed by atoms with van der Waals surface area (Å²) >= 11 is 0. The second kappa shape index (κ2) is 5.89. The number of aromatic amines is 1. The largest absolute Gasteiger partial charge is 0.497 e. The highest BCUT2D eigenvalue weighted by Gasteiger charge is 2.23. The fraction of sp³-hybridized carbons (Fsp3) is 0.176. The van der Waals surface area contributed by atoms with E-state index in [-0.39, 0.29) is 17.4 Å². The van der Waals surface area contributed by atoms with Gasteiger partial charge in [0, 0.05) is 22.0 Å². The van der Waals surface area contributed by atoms with Crippen LogP contribution >= 0.6 is 0 Å². The highest BCUT2D eigenvalue weighted by atomic mass is 16.6. The van der Waals surface area contributed by atoms with Crippen molar-refractivity contribution in [2.75, 3.05) is 13.7 Å².